The number of nitrogens with zero attached hydrogens (tertiary/aromatic N) is 2. The van der Waals surface area contributed by atoms with Gasteiger partial charge in [-0.25, -0.2) is 4.52 Å². The molecule has 2 heterocycles. The number of hydrogen-bond donors (Lipinski definition) is 2. The molecule has 0 aliphatic heterocycles. The molecule has 0 saturated heterocycles. The normalized spacial score (nSPS) is 10.9. The molecule has 0 aliphatic rings. The molecule has 1 aromatic carbocycles. The molecular formula is C14H13N3O. The van der Waals surface area contributed by atoms with E-state index in [1.165, 1.54) is 0 Å². The summed E-state index contributed by atoms with van der Waals surface area (Å²) >= 11 is 0. The van der Waals surface area contributed by atoms with Crippen LogP contribution < -0.4 is 5.73 Å². The Kier molecular flexibility index (Phi) is 2.23. The van der Waals surface area contributed by atoms with E-state index in [4.69, 9.17) is 5.73 Å². The number of aryl methyl sites for hydroxylation is 1. The van der Waals surface area contributed by atoms with Gasteiger partial charge in [0, 0.05) is 17.3 Å². The maximum Gasteiger partial charge on any atom is 0.147 e. The fourth-order valence-corrected chi connectivity index (χ4v) is 2.02. The molecule has 3 N–H and O–H groups in total. The van der Waals surface area contributed by atoms with E-state index in [9.17, 15) is 5.11 Å². The van der Waals surface area contributed by atoms with Crippen molar-refractivity contribution in [3.05, 3.63) is 48.2 Å². The summed E-state index contributed by atoms with van der Waals surface area (Å²) in [5.74, 6) is 0.778. The lowest BCUT2D eigenvalue weighted by molar-refractivity contribution is 0.477. The fraction of sp³-hybridized carbons (Fsp3) is 0.0714. The van der Waals surface area contributed by atoms with Crippen LogP contribution in [0.3, 0.4) is 0 Å². The van der Waals surface area contributed by atoms with Crippen LogP contribution in [0.2, 0.25) is 0 Å². The van der Waals surface area contributed by atoms with E-state index in [0.29, 0.717) is 5.82 Å². The van der Waals surface area contributed by atoms with Gasteiger partial charge in [0.1, 0.15) is 11.6 Å². The second kappa shape index (κ2) is 3.77. The molecule has 0 spiro atoms. The predicted molar refractivity (Wildman–Crippen MR) is 71.4 cm³/mol. The number of aromatic hydroxyl groups is 1. The third kappa shape index (κ3) is 1.59. The van der Waals surface area contributed by atoms with Gasteiger partial charge >= 0.3 is 0 Å². The summed E-state index contributed by atoms with van der Waals surface area (Å²) in [6.07, 6.45) is 1.86. The molecular weight excluding hydrogens is 226 g/mol. The van der Waals surface area contributed by atoms with Crippen LogP contribution in [0.4, 0.5) is 5.82 Å². The summed E-state index contributed by atoms with van der Waals surface area (Å²) in [5.41, 5.74) is 9.40. The molecule has 0 radical (unpaired) electrons. The zero-order valence-electron chi connectivity index (χ0n) is 9.96. The summed E-state index contributed by atoms with van der Waals surface area (Å²) in [4.78, 5) is 0. The van der Waals surface area contributed by atoms with Gasteiger partial charge in [0.05, 0.1) is 5.52 Å². The fourth-order valence-electron chi connectivity index (χ4n) is 2.02. The average molecular weight is 239 g/mol. The number of aromatic nitrogens is 2. The summed E-state index contributed by atoms with van der Waals surface area (Å²) in [6, 6.07) is 11.2. The molecule has 2 aromatic heterocycles. The molecule has 3 rings (SSSR count). The molecule has 0 atom stereocenters. The van der Waals surface area contributed by atoms with Crippen LogP contribution in [0.15, 0.2) is 42.6 Å². The summed E-state index contributed by atoms with van der Waals surface area (Å²) in [6.45, 7) is 1.93. The van der Waals surface area contributed by atoms with Crippen molar-refractivity contribution in [1.29, 1.82) is 0 Å². The Bertz CT molecular complexity index is 692. The maximum absolute atomic E-state index is 9.84. The largest absolute Gasteiger partial charge is 0.507 e. The summed E-state index contributed by atoms with van der Waals surface area (Å²) < 4.78 is 1.73. The van der Waals surface area contributed by atoms with E-state index in [1.807, 2.05) is 37.4 Å². The van der Waals surface area contributed by atoms with Crippen molar-refractivity contribution in [1.82, 2.24) is 9.61 Å². The lowest BCUT2D eigenvalue weighted by Crippen LogP contribution is -1.99. The quantitative estimate of drug-likeness (QED) is 0.686. The van der Waals surface area contributed by atoms with Crippen LogP contribution in [-0.4, -0.2) is 14.7 Å². The van der Waals surface area contributed by atoms with Gasteiger partial charge in [-0.3, -0.25) is 0 Å². The third-order valence-electron chi connectivity index (χ3n) is 3.03. The van der Waals surface area contributed by atoms with E-state index in [2.05, 4.69) is 5.10 Å². The van der Waals surface area contributed by atoms with Crippen LogP contribution in [0.5, 0.6) is 5.75 Å². The molecule has 0 amide bonds. The van der Waals surface area contributed by atoms with E-state index >= 15 is 0 Å². The van der Waals surface area contributed by atoms with Gasteiger partial charge < -0.3 is 10.8 Å². The number of anilines is 1. The number of benzene rings is 1. The standard InChI is InChI=1S/C14H13N3O/c1-9-6-11-7-10(8-17(11)16-14(9)15)12-4-2-3-5-13(12)18/h2-8,18H,1H3,(H2,15,16). The zero-order valence-corrected chi connectivity index (χ0v) is 9.96. The van der Waals surface area contributed by atoms with Crippen LogP contribution in [-0.2, 0) is 0 Å². The number of rotatable bonds is 1. The van der Waals surface area contributed by atoms with Gasteiger partial charge in [-0.15, -0.1) is 0 Å². The highest BCUT2D eigenvalue weighted by Crippen LogP contribution is 2.30. The lowest BCUT2D eigenvalue weighted by atomic mass is 10.1. The third-order valence-corrected chi connectivity index (χ3v) is 3.03. The molecule has 3 aromatic rings. The zero-order chi connectivity index (χ0) is 12.7. The molecule has 4 heteroatoms. The Morgan fingerprint density at radius 3 is 2.78 bits per heavy atom. The number of nitrogens with two attached hydrogens (primary N) is 1. The topological polar surface area (TPSA) is 63.5 Å². The molecule has 0 aliphatic carbocycles. The Labute approximate surface area is 104 Å². The minimum absolute atomic E-state index is 0.262. The number of phenols is 1. The Hall–Kier alpha value is -2.49. The van der Waals surface area contributed by atoms with E-state index in [0.717, 1.165) is 22.2 Å². The lowest BCUT2D eigenvalue weighted by Gasteiger charge is -2.00. The monoisotopic (exact) mass is 239 g/mol. The van der Waals surface area contributed by atoms with Crippen molar-refractivity contribution >= 4 is 11.3 Å². The first-order valence-electron chi connectivity index (χ1n) is 5.69. The highest BCUT2D eigenvalue weighted by atomic mass is 16.3. The minimum atomic E-state index is 0.262. The second-order valence-corrected chi connectivity index (χ2v) is 4.33. The first-order chi connectivity index (χ1) is 8.65. The van der Waals surface area contributed by atoms with Crippen LogP contribution in [0.1, 0.15) is 5.56 Å². The highest BCUT2D eigenvalue weighted by molar-refractivity contribution is 5.75. The van der Waals surface area contributed by atoms with Gasteiger partial charge in [0.2, 0.25) is 0 Å². The SMILES string of the molecule is Cc1cc2cc(-c3ccccc3O)cn2nc1N. The molecule has 90 valence electrons. The van der Waals surface area contributed by atoms with Crippen LogP contribution in [0.25, 0.3) is 16.6 Å². The van der Waals surface area contributed by atoms with Gasteiger partial charge in [0.25, 0.3) is 0 Å². The summed E-state index contributed by atoms with van der Waals surface area (Å²) in [7, 11) is 0. The smallest absolute Gasteiger partial charge is 0.147 e. The van der Waals surface area contributed by atoms with Gasteiger partial charge in [0.15, 0.2) is 0 Å². The average Bonchev–Trinajstić information content (AvgIpc) is 2.73. The van der Waals surface area contributed by atoms with E-state index in [-0.39, 0.29) is 5.75 Å². The van der Waals surface area contributed by atoms with Crippen molar-refractivity contribution in [2.24, 2.45) is 0 Å². The van der Waals surface area contributed by atoms with Crippen molar-refractivity contribution in [3.63, 3.8) is 0 Å². The van der Waals surface area contributed by atoms with Crippen molar-refractivity contribution in [3.8, 4) is 16.9 Å². The number of hydrogen-bond acceptors (Lipinski definition) is 3. The van der Waals surface area contributed by atoms with Gasteiger partial charge in [-0.2, -0.15) is 5.10 Å². The highest BCUT2D eigenvalue weighted by Gasteiger charge is 2.08. The second-order valence-electron chi connectivity index (χ2n) is 4.33. The van der Waals surface area contributed by atoms with Crippen LogP contribution in [0, 0.1) is 6.92 Å². The molecule has 0 fully saturated rings. The summed E-state index contributed by atoms with van der Waals surface area (Å²) in [5, 5.41) is 14.1. The molecule has 0 saturated carbocycles. The Morgan fingerprint density at radius 2 is 2.00 bits per heavy atom. The first kappa shape index (κ1) is 10.7. The predicted octanol–water partition coefficient (Wildman–Crippen LogP) is 2.60. The van der Waals surface area contributed by atoms with Crippen molar-refractivity contribution in [2.75, 3.05) is 5.73 Å². The molecule has 0 unspecified atom stereocenters. The van der Waals surface area contributed by atoms with Gasteiger partial charge in [-0.1, -0.05) is 18.2 Å². The Morgan fingerprint density at radius 1 is 1.22 bits per heavy atom. The molecule has 0 bridgehead atoms. The Balaban J connectivity index is 2.23. The van der Waals surface area contributed by atoms with Crippen LogP contribution >= 0.6 is 0 Å². The molecule has 18 heavy (non-hydrogen) atoms. The van der Waals surface area contributed by atoms with Gasteiger partial charge in [-0.05, 0) is 30.7 Å². The first-order valence-corrected chi connectivity index (χ1v) is 5.69. The van der Waals surface area contributed by atoms with E-state index in [1.54, 1.807) is 16.6 Å². The molecule has 4 nitrogen and oxygen atoms in total. The number of fused-ring (bicyclic) bond motifs is 1. The number of nitrogen functional groups attached to an aromatic ring is 1. The minimum Gasteiger partial charge on any atom is -0.507 e. The van der Waals surface area contributed by atoms with Crippen molar-refractivity contribution < 1.29 is 5.11 Å². The maximum atomic E-state index is 9.84. The number of phenolic OH excluding ortho intramolecular Hbond substituents is 1. The van der Waals surface area contributed by atoms with Crippen molar-refractivity contribution in [2.45, 2.75) is 6.92 Å². The van der Waals surface area contributed by atoms with E-state index < -0.39 is 0 Å². The number of para-hydroxylation sites is 1.